The van der Waals surface area contributed by atoms with Gasteiger partial charge in [0.15, 0.2) is 0 Å². The average Bonchev–Trinajstić information content (AvgIpc) is 2.73. The molecule has 3 heteroatoms. The predicted octanol–water partition coefficient (Wildman–Crippen LogP) is 2.96. The molecule has 0 bridgehead atoms. The normalized spacial score (nSPS) is 15.4. The van der Waals surface area contributed by atoms with Gasteiger partial charge in [0.25, 0.3) is 0 Å². The maximum absolute atomic E-state index is 9.62. The van der Waals surface area contributed by atoms with Crippen molar-refractivity contribution in [2.24, 2.45) is 0 Å². The van der Waals surface area contributed by atoms with E-state index in [1.807, 2.05) is 19.2 Å². The van der Waals surface area contributed by atoms with Gasteiger partial charge < -0.3 is 5.11 Å². The van der Waals surface area contributed by atoms with E-state index in [-0.39, 0.29) is 6.10 Å². The highest BCUT2D eigenvalue weighted by Gasteiger charge is 2.20. The Morgan fingerprint density at radius 3 is 3.12 bits per heavy atom. The zero-order valence-corrected chi connectivity index (χ0v) is 9.92. The molecule has 0 amide bonds. The minimum absolute atomic E-state index is 0.365. The van der Waals surface area contributed by atoms with Crippen LogP contribution in [0.1, 0.15) is 29.2 Å². The van der Waals surface area contributed by atoms with Gasteiger partial charge in [-0.15, -0.1) is 11.3 Å². The summed E-state index contributed by atoms with van der Waals surface area (Å²) in [4.78, 5) is 6.77. The van der Waals surface area contributed by atoms with Gasteiger partial charge in [-0.25, -0.2) is 0 Å². The van der Waals surface area contributed by atoms with E-state index < -0.39 is 0 Å². The molecule has 2 aromatic heterocycles. The van der Waals surface area contributed by atoms with Crippen LogP contribution >= 0.6 is 11.3 Å². The summed E-state index contributed by atoms with van der Waals surface area (Å²) < 4.78 is 0. The zero-order chi connectivity index (χ0) is 11.1. The van der Waals surface area contributed by atoms with E-state index in [1.54, 1.807) is 11.3 Å². The highest BCUT2D eigenvalue weighted by molar-refractivity contribution is 7.15. The number of pyridine rings is 1. The van der Waals surface area contributed by atoms with Crippen LogP contribution in [0.25, 0.3) is 10.4 Å². The molecule has 0 aliphatic heterocycles. The number of aromatic nitrogens is 1. The topological polar surface area (TPSA) is 33.1 Å². The van der Waals surface area contributed by atoms with Crippen LogP contribution in [0.5, 0.6) is 0 Å². The molecule has 2 nitrogen and oxygen atoms in total. The van der Waals surface area contributed by atoms with Gasteiger partial charge in [0.05, 0.1) is 6.10 Å². The number of aliphatic hydroxyl groups excluding tert-OH is 1. The molecule has 0 spiro atoms. The van der Waals surface area contributed by atoms with Crippen LogP contribution in [0.2, 0.25) is 0 Å². The number of rotatable bonds is 1. The van der Waals surface area contributed by atoms with Gasteiger partial charge in [-0.3, -0.25) is 4.98 Å². The number of fused-ring (bicyclic) bond motifs is 3. The summed E-state index contributed by atoms with van der Waals surface area (Å²) in [6, 6.07) is 6.25. The molecular formula is C13H13NOS. The molecule has 0 aromatic carbocycles. The summed E-state index contributed by atoms with van der Waals surface area (Å²) in [6.07, 6.45) is 3.55. The van der Waals surface area contributed by atoms with E-state index in [0.29, 0.717) is 0 Å². The lowest BCUT2D eigenvalue weighted by molar-refractivity contribution is 0.203. The second-order valence-corrected chi connectivity index (χ2v) is 5.26. The molecule has 0 saturated carbocycles. The van der Waals surface area contributed by atoms with Gasteiger partial charge >= 0.3 is 0 Å². The van der Waals surface area contributed by atoms with Crippen molar-refractivity contribution in [3.63, 3.8) is 0 Å². The second-order valence-electron chi connectivity index (χ2n) is 4.18. The Hall–Kier alpha value is -1.19. The van der Waals surface area contributed by atoms with E-state index in [4.69, 9.17) is 0 Å². The van der Waals surface area contributed by atoms with E-state index in [2.05, 4.69) is 17.1 Å². The summed E-state index contributed by atoms with van der Waals surface area (Å²) in [7, 11) is 0. The second kappa shape index (κ2) is 3.68. The number of hydrogen-bond donors (Lipinski definition) is 1. The molecule has 0 saturated heterocycles. The number of aliphatic hydroxyl groups is 1. The Morgan fingerprint density at radius 1 is 1.44 bits per heavy atom. The van der Waals surface area contributed by atoms with Gasteiger partial charge in [-0.1, -0.05) is 6.07 Å². The molecule has 2 aromatic rings. The van der Waals surface area contributed by atoms with Gasteiger partial charge in [0, 0.05) is 27.2 Å². The van der Waals surface area contributed by atoms with Gasteiger partial charge in [-0.2, -0.15) is 0 Å². The molecule has 1 aliphatic rings. The minimum Gasteiger partial charge on any atom is -0.388 e. The third-order valence-electron chi connectivity index (χ3n) is 3.01. The lowest BCUT2D eigenvalue weighted by atomic mass is 9.95. The molecule has 16 heavy (non-hydrogen) atoms. The summed E-state index contributed by atoms with van der Waals surface area (Å²) in [5, 5.41) is 9.62. The SMILES string of the molecule is CC(O)c1cc2c(s1)-c1cccnc1CC2. The van der Waals surface area contributed by atoms with Crippen molar-refractivity contribution in [3.8, 4) is 10.4 Å². The first kappa shape index (κ1) is 10.00. The maximum atomic E-state index is 9.62. The fraction of sp³-hybridized carbons (Fsp3) is 0.308. The first-order valence-electron chi connectivity index (χ1n) is 5.50. The smallest absolute Gasteiger partial charge is 0.0854 e. The largest absolute Gasteiger partial charge is 0.388 e. The van der Waals surface area contributed by atoms with Crippen LogP contribution in [-0.2, 0) is 12.8 Å². The minimum atomic E-state index is -0.365. The monoisotopic (exact) mass is 231 g/mol. The molecule has 3 rings (SSSR count). The fourth-order valence-electron chi connectivity index (χ4n) is 2.17. The summed E-state index contributed by atoms with van der Waals surface area (Å²) >= 11 is 1.70. The lowest BCUT2D eigenvalue weighted by Gasteiger charge is -2.14. The van der Waals surface area contributed by atoms with Crippen LogP contribution < -0.4 is 0 Å². The Labute approximate surface area is 98.6 Å². The van der Waals surface area contributed by atoms with E-state index in [9.17, 15) is 5.11 Å². The van der Waals surface area contributed by atoms with Crippen LogP contribution in [0.3, 0.4) is 0 Å². The van der Waals surface area contributed by atoms with Crippen molar-refractivity contribution in [2.75, 3.05) is 0 Å². The number of thiophene rings is 1. The number of nitrogens with zero attached hydrogens (tertiary/aromatic N) is 1. The van der Waals surface area contributed by atoms with Crippen molar-refractivity contribution in [2.45, 2.75) is 25.9 Å². The quantitative estimate of drug-likeness (QED) is 0.818. The predicted molar refractivity (Wildman–Crippen MR) is 65.6 cm³/mol. The molecule has 82 valence electrons. The highest BCUT2D eigenvalue weighted by Crippen LogP contribution is 2.40. The Balaban J connectivity index is 2.17. The van der Waals surface area contributed by atoms with Crippen molar-refractivity contribution in [3.05, 3.63) is 40.5 Å². The molecule has 1 atom stereocenters. The maximum Gasteiger partial charge on any atom is 0.0854 e. The zero-order valence-electron chi connectivity index (χ0n) is 9.10. The van der Waals surface area contributed by atoms with Gasteiger partial charge in [-0.05, 0) is 37.5 Å². The fourth-order valence-corrected chi connectivity index (χ4v) is 3.36. The summed E-state index contributed by atoms with van der Waals surface area (Å²) in [6.45, 7) is 1.82. The standard InChI is InChI=1S/C13H13NOS/c1-8(15)12-7-9-4-5-11-10(13(9)16-12)3-2-6-14-11/h2-3,6-8,15H,4-5H2,1H3. The lowest BCUT2D eigenvalue weighted by Crippen LogP contribution is -2.02. The van der Waals surface area contributed by atoms with Crippen LogP contribution in [0, 0.1) is 0 Å². The van der Waals surface area contributed by atoms with Crippen molar-refractivity contribution >= 4 is 11.3 Å². The van der Waals surface area contributed by atoms with Crippen LogP contribution in [0.15, 0.2) is 24.4 Å². The van der Waals surface area contributed by atoms with Crippen molar-refractivity contribution in [1.29, 1.82) is 0 Å². The van der Waals surface area contributed by atoms with Crippen molar-refractivity contribution < 1.29 is 5.11 Å². The van der Waals surface area contributed by atoms with Crippen LogP contribution in [-0.4, -0.2) is 10.1 Å². The molecule has 0 radical (unpaired) electrons. The molecule has 1 unspecified atom stereocenters. The van der Waals surface area contributed by atoms with Gasteiger partial charge in [0.2, 0.25) is 0 Å². The average molecular weight is 231 g/mol. The number of hydrogen-bond acceptors (Lipinski definition) is 3. The Morgan fingerprint density at radius 2 is 2.31 bits per heavy atom. The molecular weight excluding hydrogens is 218 g/mol. The van der Waals surface area contributed by atoms with E-state index in [1.165, 1.54) is 21.7 Å². The molecule has 1 aliphatic carbocycles. The Kier molecular flexibility index (Phi) is 2.30. The summed E-state index contributed by atoms with van der Waals surface area (Å²) in [5.74, 6) is 0. The van der Waals surface area contributed by atoms with Crippen LogP contribution in [0.4, 0.5) is 0 Å². The highest BCUT2D eigenvalue weighted by atomic mass is 32.1. The number of aryl methyl sites for hydroxylation is 2. The first-order chi connectivity index (χ1) is 7.75. The Bertz CT molecular complexity index is 530. The first-order valence-corrected chi connectivity index (χ1v) is 6.32. The third kappa shape index (κ3) is 1.47. The third-order valence-corrected chi connectivity index (χ3v) is 4.39. The summed E-state index contributed by atoms with van der Waals surface area (Å²) in [5.41, 5.74) is 3.80. The van der Waals surface area contributed by atoms with E-state index >= 15 is 0 Å². The molecule has 2 heterocycles. The van der Waals surface area contributed by atoms with E-state index in [0.717, 1.165) is 17.7 Å². The molecule has 0 fully saturated rings. The molecule has 1 N–H and O–H groups in total. The van der Waals surface area contributed by atoms with Crippen molar-refractivity contribution in [1.82, 2.24) is 4.98 Å². The van der Waals surface area contributed by atoms with Gasteiger partial charge in [0.1, 0.15) is 0 Å².